The van der Waals surface area contributed by atoms with Crippen molar-refractivity contribution in [1.29, 1.82) is 0 Å². The lowest BCUT2D eigenvalue weighted by Crippen LogP contribution is -1.56. The van der Waals surface area contributed by atoms with Crippen LogP contribution in [-0.4, -0.2) is 5.11 Å². The Morgan fingerprint density at radius 1 is 1.00 bits per heavy atom. The molecule has 1 aromatic carbocycles. The largest absolute Gasteiger partial charge is 0.508 e. The van der Waals surface area contributed by atoms with Gasteiger partial charge in [0.15, 0.2) is 0 Å². The van der Waals surface area contributed by atoms with Gasteiger partial charge in [-0.25, -0.2) is 0 Å². The number of aromatic hydroxyl groups is 1. The highest BCUT2D eigenvalue weighted by Gasteiger charge is 1.74. The Balaban J connectivity index is 0. The molecule has 0 atom stereocenters. The topological polar surface area (TPSA) is 20.2 Å². The van der Waals surface area contributed by atoms with Crippen LogP contribution in [0.15, 0.2) is 30.3 Å². The third-order valence-corrected chi connectivity index (χ3v) is 0.756. The quantitative estimate of drug-likeness (QED) is 0.600. The van der Waals surface area contributed by atoms with Gasteiger partial charge in [-0.2, -0.15) is 0 Å². The molecule has 0 saturated heterocycles. The van der Waals surface area contributed by atoms with Gasteiger partial charge in [0.2, 0.25) is 0 Å². The number of benzene rings is 1. The molecule has 1 aromatic rings. The minimum Gasteiger partial charge on any atom is -0.508 e. The minimum absolute atomic E-state index is 0. The van der Waals surface area contributed by atoms with E-state index in [2.05, 4.69) is 0 Å². The van der Waals surface area contributed by atoms with Crippen molar-refractivity contribution in [2.45, 2.75) is 0 Å². The van der Waals surface area contributed by atoms with E-state index in [1.807, 2.05) is 6.07 Å². The maximum absolute atomic E-state index is 8.63. The van der Waals surface area contributed by atoms with Gasteiger partial charge in [-0.05, 0) is 12.1 Å². The van der Waals surface area contributed by atoms with Crippen molar-refractivity contribution in [3.05, 3.63) is 30.3 Å². The van der Waals surface area contributed by atoms with Gasteiger partial charge in [-0.15, -0.1) is 12.4 Å². The molecule has 3 heteroatoms. The van der Waals surface area contributed by atoms with Gasteiger partial charge in [0.25, 0.3) is 0 Å². The van der Waals surface area contributed by atoms with E-state index in [0.29, 0.717) is 5.75 Å². The van der Waals surface area contributed by atoms with Crippen molar-refractivity contribution in [3.63, 3.8) is 0 Å². The maximum atomic E-state index is 8.63. The molecule has 0 aromatic heterocycles. The lowest BCUT2D eigenvalue weighted by Gasteiger charge is -1.82. The molecule has 0 aliphatic carbocycles. The fourth-order valence-corrected chi connectivity index (χ4v) is 0.428. The van der Waals surface area contributed by atoms with E-state index in [0.717, 1.165) is 0 Å². The standard InChI is InChI=1S/C6H6O.ClH.FH/c7-6-4-2-1-3-5-6;;/h1-5,7H;2*1H. The average molecular weight is 151 g/mol. The van der Waals surface area contributed by atoms with Gasteiger partial charge in [-0.1, -0.05) is 18.2 Å². The molecule has 0 bridgehead atoms. The average Bonchev–Trinajstić information content (AvgIpc) is 1.69. The molecule has 0 fully saturated rings. The van der Waals surface area contributed by atoms with E-state index in [9.17, 15) is 0 Å². The van der Waals surface area contributed by atoms with Gasteiger partial charge in [0.1, 0.15) is 5.75 Å². The monoisotopic (exact) mass is 150 g/mol. The first kappa shape index (κ1) is 11.1. The summed E-state index contributed by atoms with van der Waals surface area (Å²) in [5.41, 5.74) is 0. The summed E-state index contributed by atoms with van der Waals surface area (Å²) in [4.78, 5) is 0. The molecule has 0 aliphatic heterocycles. The van der Waals surface area contributed by atoms with Crippen molar-refractivity contribution < 1.29 is 9.81 Å². The van der Waals surface area contributed by atoms with Crippen LogP contribution in [0.5, 0.6) is 5.75 Å². The predicted octanol–water partition coefficient (Wildman–Crippen LogP) is 1.97. The van der Waals surface area contributed by atoms with E-state index in [1.165, 1.54) is 0 Å². The molecule has 9 heavy (non-hydrogen) atoms. The Morgan fingerprint density at radius 2 is 1.44 bits per heavy atom. The summed E-state index contributed by atoms with van der Waals surface area (Å²) in [6.45, 7) is 0. The molecule has 52 valence electrons. The van der Waals surface area contributed by atoms with Crippen LogP contribution in [0, 0.1) is 0 Å². The molecule has 0 saturated carbocycles. The van der Waals surface area contributed by atoms with E-state index in [1.54, 1.807) is 24.3 Å². The summed E-state index contributed by atoms with van der Waals surface area (Å²) in [7, 11) is 0. The van der Waals surface area contributed by atoms with Crippen molar-refractivity contribution >= 4 is 12.4 Å². The molecule has 0 radical (unpaired) electrons. The van der Waals surface area contributed by atoms with Crippen LogP contribution in [0.4, 0.5) is 4.70 Å². The molecule has 1 N–H and O–H groups in total. The summed E-state index contributed by atoms with van der Waals surface area (Å²) in [6, 6.07) is 8.71. The number of hydrogen-bond donors (Lipinski definition) is 1. The molecule has 0 heterocycles. The highest BCUT2D eigenvalue weighted by atomic mass is 35.5. The van der Waals surface area contributed by atoms with Crippen LogP contribution in [0.1, 0.15) is 0 Å². The second-order valence-electron chi connectivity index (χ2n) is 1.34. The SMILES string of the molecule is Cl.F.Oc1ccccc1. The van der Waals surface area contributed by atoms with Gasteiger partial charge in [0.05, 0.1) is 0 Å². The summed E-state index contributed by atoms with van der Waals surface area (Å²) in [5, 5.41) is 8.63. The maximum Gasteiger partial charge on any atom is 0.115 e. The number of rotatable bonds is 0. The Bertz CT molecular complexity index is 143. The normalized spacial score (nSPS) is 6.67. The fraction of sp³-hybridized carbons (Fsp3) is 0. The van der Waals surface area contributed by atoms with Crippen LogP contribution < -0.4 is 0 Å². The molecule has 0 unspecified atom stereocenters. The Hall–Kier alpha value is -0.760. The first-order chi connectivity index (χ1) is 3.39. The molecule has 0 amide bonds. The Labute approximate surface area is 59.1 Å². The first-order valence-corrected chi connectivity index (χ1v) is 2.13. The van der Waals surface area contributed by atoms with Gasteiger partial charge < -0.3 is 5.11 Å². The third kappa shape index (κ3) is 3.79. The lowest BCUT2D eigenvalue weighted by atomic mass is 10.3. The van der Waals surface area contributed by atoms with Crippen LogP contribution >= 0.6 is 12.4 Å². The second-order valence-corrected chi connectivity index (χ2v) is 1.34. The van der Waals surface area contributed by atoms with E-state index < -0.39 is 0 Å². The summed E-state index contributed by atoms with van der Waals surface area (Å²) < 4.78 is 0. The molecular formula is C6H8ClFO. The van der Waals surface area contributed by atoms with Crippen LogP contribution in [-0.2, 0) is 0 Å². The van der Waals surface area contributed by atoms with Crippen molar-refractivity contribution in [3.8, 4) is 5.75 Å². The minimum atomic E-state index is 0. The zero-order valence-electron chi connectivity index (χ0n) is 4.65. The summed E-state index contributed by atoms with van der Waals surface area (Å²) in [6.07, 6.45) is 0. The molecule has 1 nitrogen and oxygen atoms in total. The second kappa shape index (κ2) is 5.38. The number of phenolic OH excluding ortho intramolecular Hbond substituents is 1. The zero-order valence-corrected chi connectivity index (χ0v) is 5.47. The summed E-state index contributed by atoms with van der Waals surface area (Å²) >= 11 is 0. The van der Waals surface area contributed by atoms with Gasteiger partial charge >= 0.3 is 0 Å². The fourth-order valence-electron chi connectivity index (χ4n) is 0.428. The van der Waals surface area contributed by atoms with Crippen molar-refractivity contribution in [1.82, 2.24) is 0 Å². The highest BCUT2D eigenvalue weighted by molar-refractivity contribution is 5.85. The molecule has 0 aliphatic rings. The number of hydrogen-bond acceptors (Lipinski definition) is 1. The van der Waals surface area contributed by atoms with Gasteiger partial charge in [-0.3, -0.25) is 4.70 Å². The van der Waals surface area contributed by atoms with E-state index in [4.69, 9.17) is 5.11 Å². The van der Waals surface area contributed by atoms with Crippen LogP contribution in [0.25, 0.3) is 0 Å². The van der Waals surface area contributed by atoms with Gasteiger partial charge in [0, 0.05) is 0 Å². The molecular weight excluding hydrogens is 143 g/mol. The van der Waals surface area contributed by atoms with E-state index >= 15 is 0 Å². The zero-order chi connectivity index (χ0) is 5.11. The first-order valence-electron chi connectivity index (χ1n) is 2.13. The van der Waals surface area contributed by atoms with Crippen LogP contribution in [0.3, 0.4) is 0 Å². The van der Waals surface area contributed by atoms with Crippen molar-refractivity contribution in [2.75, 3.05) is 0 Å². The lowest BCUT2D eigenvalue weighted by molar-refractivity contribution is 0.475. The summed E-state index contributed by atoms with van der Waals surface area (Å²) in [5.74, 6) is 0.322. The van der Waals surface area contributed by atoms with E-state index in [-0.39, 0.29) is 17.1 Å². The highest BCUT2D eigenvalue weighted by Crippen LogP contribution is 2.02. The Morgan fingerprint density at radius 3 is 1.67 bits per heavy atom. The van der Waals surface area contributed by atoms with Crippen molar-refractivity contribution in [2.24, 2.45) is 0 Å². The Kier molecular flexibility index (Phi) is 6.63. The number of para-hydroxylation sites is 1. The third-order valence-electron chi connectivity index (χ3n) is 0.756. The predicted molar refractivity (Wildman–Crippen MR) is 37.9 cm³/mol. The number of phenols is 1. The smallest absolute Gasteiger partial charge is 0.115 e. The number of halogens is 2. The molecule has 0 spiro atoms. The van der Waals surface area contributed by atoms with Crippen LogP contribution in [0.2, 0.25) is 0 Å². The molecule has 1 rings (SSSR count).